The predicted molar refractivity (Wildman–Crippen MR) is 41.5 cm³/mol. The summed E-state index contributed by atoms with van der Waals surface area (Å²) in [6, 6.07) is 1.41. The van der Waals surface area contributed by atoms with Gasteiger partial charge in [-0.15, -0.1) is 0 Å². The lowest BCUT2D eigenvalue weighted by Crippen LogP contribution is -2.26. The summed E-state index contributed by atoms with van der Waals surface area (Å²) in [6.07, 6.45) is 1.44. The number of aromatic nitrogens is 2. The van der Waals surface area contributed by atoms with E-state index in [1.54, 1.807) is 0 Å². The molecule has 0 atom stereocenters. The second kappa shape index (κ2) is 2.38. The molecular weight excluding hydrogens is 148 g/mol. The average Bonchev–Trinajstić information content (AvgIpc) is 1.95. The van der Waals surface area contributed by atoms with Crippen LogP contribution in [0.2, 0.25) is 0 Å². The summed E-state index contributed by atoms with van der Waals surface area (Å²) in [4.78, 5) is 11.3. The van der Waals surface area contributed by atoms with Crippen LogP contribution in [0, 0.1) is 4.64 Å². The third-order valence-electron chi connectivity index (χ3n) is 1.15. The Bertz CT molecular complexity index is 431. The standard InChI is InChI=1S/C6H8N2OS/c1-7-4-3-5(10)8(2)6(7)9/h3-4H,1-2H3/i2D3. The van der Waals surface area contributed by atoms with Gasteiger partial charge in [0.05, 0.1) is 0 Å². The van der Waals surface area contributed by atoms with Crippen molar-refractivity contribution in [1.82, 2.24) is 9.13 Å². The van der Waals surface area contributed by atoms with Crippen LogP contribution < -0.4 is 5.69 Å². The highest BCUT2D eigenvalue weighted by Crippen LogP contribution is 1.81. The van der Waals surface area contributed by atoms with Crippen LogP contribution in [-0.4, -0.2) is 9.13 Å². The molecule has 0 N–H and O–H groups in total. The number of rotatable bonds is 0. The van der Waals surface area contributed by atoms with E-state index in [0.717, 1.165) is 0 Å². The van der Waals surface area contributed by atoms with Crippen LogP contribution in [-0.2, 0) is 14.0 Å². The first kappa shape index (κ1) is 4.08. The number of nitrogens with zero attached hydrogens (tertiary/aromatic N) is 2. The summed E-state index contributed by atoms with van der Waals surface area (Å²) in [5.41, 5.74) is -0.632. The highest BCUT2D eigenvalue weighted by atomic mass is 32.1. The molecule has 54 valence electrons. The minimum Gasteiger partial charge on any atom is -0.304 e. The second-order valence-corrected chi connectivity index (χ2v) is 2.30. The molecule has 0 fully saturated rings. The number of hydrogen-bond acceptors (Lipinski definition) is 2. The first-order valence-electron chi connectivity index (χ1n) is 4.13. The second-order valence-electron chi connectivity index (χ2n) is 1.88. The zero-order valence-electron chi connectivity index (χ0n) is 8.37. The van der Waals surface area contributed by atoms with E-state index in [2.05, 4.69) is 0 Å². The van der Waals surface area contributed by atoms with E-state index < -0.39 is 12.7 Å². The van der Waals surface area contributed by atoms with Crippen molar-refractivity contribution in [3.8, 4) is 0 Å². The van der Waals surface area contributed by atoms with Gasteiger partial charge in [0.25, 0.3) is 0 Å². The van der Waals surface area contributed by atoms with Crippen LogP contribution in [0.5, 0.6) is 0 Å². The summed E-state index contributed by atoms with van der Waals surface area (Å²) < 4.78 is 23.0. The summed E-state index contributed by atoms with van der Waals surface area (Å²) in [7, 11) is 1.47. The average molecular weight is 159 g/mol. The van der Waals surface area contributed by atoms with Crippen molar-refractivity contribution in [2.75, 3.05) is 0 Å². The molecule has 0 saturated heterocycles. The van der Waals surface area contributed by atoms with Crippen LogP contribution >= 0.6 is 12.2 Å². The lowest BCUT2D eigenvalue weighted by Gasteiger charge is -1.99. The third-order valence-corrected chi connectivity index (χ3v) is 1.47. The molecule has 0 saturated carbocycles. The molecule has 0 bridgehead atoms. The van der Waals surface area contributed by atoms with Crippen LogP contribution in [0.1, 0.15) is 4.11 Å². The SMILES string of the molecule is [2H]C([2H])([2H])n1c(=S)ccn(C)c1=O. The molecule has 1 heterocycles. The minimum atomic E-state index is -2.51. The van der Waals surface area contributed by atoms with E-state index >= 15 is 0 Å². The van der Waals surface area contributed by atoms with Gasteiger partial charge in [0.2, 0.25) is 0 Å². The van der Waals surface area contributed by atoms with Crippen LogP contribution in [0.4, 0.5) is 0 Å². The Morgan fingerprint density at radius 1 is 1.80 bits per heavy atom. The fraction of sp³-hybridized carbons (Fsp3) is 0.333. The van der Waals surface area contributed by atoms with Gasteiger partial charge in [-0.05, 0) is 6.07 Å². The highest BCUT2D eigenvalue weighted by molar-refractivity contribution is 7.71. The fourth-order valence-electron chi connectivity index (χ4n) is 0.566. The molecule has 10 heavy (non-hydrogen) atoms. The largest absolute Gasteiger partial charge is 0.328 e. The minimum absolute atomic E-state index is 0.0168. The maximum atomic E-state index is 11.3. The Labute approximate surface area is 67.8 Å². The maximum absolute atomic E-state index is 11.3. The molecule has 4 heteroatoms. The molecule has 0 aromatic carbocycles. The molecule has 1 aromatic rings. The smallest absolute Gasteiger partial charge is 0.304 e. The van der Waals surface area contributed by atoms with Crippen molar-refractivity contribution >= 4 is 12.2 Å². The maximum Gasteiger partial charge on any atom is 0.328 e. The van der Waals surface area contributed by atoms with E-state index in [0.29, 0.717) is 4.57 Å². The summed E-state index contributed by atoms with van der Waals surface area (Å²) >= 11 is 4.74. The normalized spacial score (nSPS) is 15.5. The molecule has 0 aliphatic carbocycles. The quantitative estimate of drug-likeness (QED) is 0.514. The van der Waals surface area contributed by atoms with Crippen LogP contribution in [0.15, 0.2) is 17.1 Å². The first-order valence-corrected chi connectivity index (χ1v) is 3.04. The van der Waals surface area contributed by atoms with E-state index in [9.17, 15) is 4.79 Å². The van der Waals surface area contributed by atoms with Gasteiger partial charge < -0.3 is 4.57 Å². The Hall–Kier alpha value is -0.900. The zero-order chi connectivity index (χ0) is 10.2. The summed E-state index contributed by atoms with van der Waals surface area (Å²) in [5.74, 6) is 0. The summed E-state index contributed by atoms with van der Waals surface area (Å²) in [6.45, 7) is -2.51. The molecule has 0 spiro atoms. The van der Waals surface area contributed by atoms with Gasteiger partial charge in [-0.2, -0.15) is 0 Å². The number of aryl methyl sites for hydroxylation is 1. The van der Waals surface area contributed by atoms with Gasteiger partial charge in [-0.25, -0.2) is 4.79 Å². The fourth-order valence-corrected chi connectivity index (χ4v) is 0.705. The first-order chi connectivity index (χ1) is 5.84. The predicted octanol–water partition coefficient (Wildman–Crippen LogP) is 0.453. The molecular formula is C6H8N2OS. The molecule has 3 nitrogen and oxygen atoms in total. The Morgan fingerprint density at radius 3 is 3.00 bits per heavy atom. The molecule has 0 radical (unpaired) electrons. The molecule has 0 unspecified atom stereocenters. The Balaban J connectivity index is 3.63. The molecule has 0 amide bonds. The van der Waals surface area contributed by atoms with Gasteiger partial charge in [-0.1, -0.05) is 12.2 Å². The van der Waals surface area contributed by atoms with E-state index in [-0.39, 0.29) is 4.64 Å². The Kier molecular flexibility index (Phi) is 0.970. The van der Waals surface area contributed by atoms with Crippen molar-refractivity contribution in [1.29, 1.82) is 0 Å². The Morgan fingerprint density at radius 2 is 2.50 bits per heavy atom. The van der Waals surface area contributed by atoms with Crippen LogP contribution in [0.3, 0.4) is 0 Å². The number of hydrogen-bond donors (Lipinski definition) is 0. The zero-order valence-corrected chi connectivity index (χ0v) is 6.18. The molecule has 1 rings (SSSR count). The lowest BCUT2D eigenvalue weighted by molar-refractivity contribution is 0.698. The topological polar surface area (TPSA) is 26.9 Å². The molecule has 0 aliphatic rings. The summed E-state index contributed by atoms with van der Waals surface area (Å²) in [5, 5.41) is 0. The van der Waals surface area contributed by atoms with Gasteiger partial charge in [0.1, 0.15) is 4.64 Å². The highest BCUT2D eigenvalue weighted by Gasteiger charge is 1.91. The van der Waals surface area contributed by atoms with Crippen LogP contribution in [0.25, 0.3) is 0 Å². The van der Waals surface area contributed by atoms with Crippen molar-refractivity contribution in [3.05, 3.63) is 27.4 Å². The van der Waals surface area contributed by atoms with Gasteiger partial charge in [0.15, 0.2) is 0 Å². The third kappa shape index (κ3) is 1.02. The molecule has 1 aromatic heterocycles. The van der Waals surface area contributed by atoms with Gasteiger partial charge in [-0.3, -0.25) is 4.57 Å². The van der Waals surface area contributed by atoms with E-state index in [1.165, 1.54) is 23.9 Å². The van der Waals surface area contributed by atoms with Gasteiger partial charge >= 0.3 is 5.69 Å². The van der Waals surface area contributed by atoms with Crippen molar-refractivity contribution in [2.45, 2.75) is 0 Å². The van der Waals surface area contributed by atoms with Crippen molar-refractivity contribution in [3.63, 3.8) is 0 Å². The van der Waals surface area contributed by atoms with Gasteiger partial charge in [0, 0.05) is 24.3 Å². The molecule has 0 aliphatic heterocycles. The lowest BCUT2D eigenvalue weighted by atomic mass is 10.6. The van der Waals surface area contributed by atoms with Crippen molar-refractivity contribution in [2.24, 2.45) is 14.0 Å². The van der Waals surface area contributed by atoms with E-state index in [4.69, 9.17) is 16.3 Å². The monoisotopic (exact) mass is 159 g/mol. The van der Waals surface area contributed by atoms with Crippen molar-refractivity contribution < 1.29 is 4.11 Å². The van der Waals surface area contributed by atoms with E-state index in [1.807, 2.05) is 0 Å².